The minimum absolute atomic E-state index is 0.108. The third-order valence-corrected chi connectivity index (χ3v) is 3.21. The number of rotatable bonds is 4. The number of nitrogens with zero attached hydrogens (tertiary/aromatic N) is 1. The SMILES string of the molecule is Cc1cccc(CN(C(=O)CCl)c2ccc(F)cc2)c1. The summed E-state index contributed by atoms with van der Waals surface area (Å²) < 4.78 is 13.0. The van der Waals surface area contributed by atoms with Crippen LogP contribution in [0.2, 0.25) is 0 Å². The number of carbonyl (C=O) groups is 1. The van der Waals surface area contributed by atoms with Gasteiger partial charge in [0.05, 0.1) is 6.54 Å². The van der Waals surface area contributed by atoms with Crippen LogP contribution in [0.1, 0.15) is 11.1 Å². The number of hydrogen-bond acceptors (Lipinski definition) is 1. The lowest BCUT2D eigenvalue weighted by atomic mass is 10.1. The lowest BCUT2D eigenvalue weighted by Crippen LogP contribution is -2.31. The van der Waals surface area contributed by atoms with Crippen molar-refractivity contribution >= 4 is 23.2 Å². The lowest BCUT2D eigenvalue weighted by molar-refractivity contribution is -0.116. The zero-order valence-electron chi connectivity index (χ0n) is 11.1. The summed E-state index contributed by atoms with van der Waals surface area (Å²) in [6.45, 7) is 2.41. The summed E-state index contributed by atoms with van der Waals surface area (Å²) in [6, 6.07) is 13.7. The predicted octanol–water partition coefficient (Wildman–Crippen LogP) is 3.91. The van der Waals surface area contributed by atoms with Crippen molar-refractivity contribution in [2.24, 2.45) is 0 Å². The van der Waals surface area contributed by atoms with Crippen molar-refractivity contribution in [1.82, 2.24) is 0 Å². The Balaban J connectivity index is 2.28. The Bertz CT molecular complexity index is 598. The number of benzene rings is 2. The Morgan fingerprint density at radius 2 is 1.90 bits per heavy atom. The smallest absolute Gasteiger partial charge is 0.242 e. The zero-order valence-corrected chi connectivity index (χ0v) is 11.9. The standard InChI is InChI=1S/C16H15ClFNO/c1-12-3-2-4-13(9-12)11-19(16(20)10-17)15-7-5-14(18)6-8-15/h2-9H,10-11H2,1H3. The molecule has 0 N–H and O–H groups in total. The number of aryl methyl sites for hydroxylation is 1. The molecule has 2 aromatic rings. The Kier molecular flexibility index (Phi) is 4.74. The second-order valence-electron chi connectivity index (χ2n) is 4.58. The topological polar surface area (TPSA) is 20.3 Å². The summed E-state index contributed by atoms with van der Waals surface area (Å²) >= 11 is 5.66. The molecule has 0 aliphatic heterocycles. The van der Waals surface area contributed by atoms with Crippen LogP contribution in [0, 0.1) is 12.7 Å². The summed E-state index contributed by atoms with van der Waals surface area (Å²) in [7, 11) is 0. The van der Waals surface area contributed by atoms with Crippen molar-refractivity contribution in [3.05, 3.63) is 65.5 Å². The van der Waals surface area contributed by atoms with Gasteiger partial charge in [0.15, 0.2) is 0 Å². The molecule has 2 aromatic carbocycles. The minimum atomic E-state index is -0.331. The second-order valence-corrected chi connectivity index (χ2v) is 4.85. The van der Waals surface area contributed by atoms with Gasteiger partial charge in [-0.2, -0.15) is 0 Å². The number of hydrogen-bond donors (Lipinski definition) is 0. The molecule has 0 bridgehead atoms. The highest BCUT2D eigenvalue weighted by Crippen LogP contribution is 2.19. The highest BCUT2D eigenvalue weighted by molar-refractivity contribution is 6.29. The van der Waals surface area contributed by atoms with Gasteiger partial charge in [0.25, 0.3) is 0 Å². The fraction of sp³-hybridized carbons (Fsp3) is 0.188. The van der Waals surface area contributed by atoms with Gasteiger partial charge < -0.3 is 4.90 Å². The summed E-state index contributed by atoms with van der Waals surface area (Å²) in [6.07, 6.45) is 0. The van der Waals surface area contributed by atoms with Crippen LogP contribution in [0.5, 0.6) is 0 Å². The van der Waals surface area contributed by atoms with Gasteiger partial charge in [0.1, 0.15) is 11.7 Å². The molecule has 2 rings (SSSR count). The summed E-state index contributed by atoms with van der Waals surface area (Å²) in [5.41, 5.74) is 2.77. The molecule has 0 atom stereocenters. The maximum absolute atomic E-state index is 13.0. The number of carbonyl (C=O) groups excluding carboxylic acids is 1. The van der Waals surface area contributed by atoms with Crippen LogP contribution in [-0.2, 0) is 11.3 Å². The van der Waals surface area contributed by atoms with Gasteiger partial charge in [0, 0.05) is 5.69 Å². The highest BCUT2D eigenvalue weighted by atomic mass is 35.5. The van der Waals surface area contributed by atoms with E-state index in [0.29, 0.717) is 12.2 Å². The monoisotopic (exact) mass is 291 g/mol. The van der Waals surface area contributed by atoms with E-state index in [1.54, 1.807) is 17.0 Å². The van der Waals surface area contributed by atoms with Crippen molar-refractivity contribution < 1.29 is 9.18 Å². The van der Waals surface area contributed by atoms with Gasteiger partial charge in [-0.1, -0.05) is 29.8 Å². The van der Waals surface area contributed by atoms with Crippen LogP contribution in [0.4, 0.5) is 10.1 Å². The molecular weight excluding hydrogens is 277 g/mol. The van der Waals surface area contributed by atoms with Crippen LogP contribution >= 0.6 is 11.6 Å². The predicted molar refractivity (Wildman–Crippen MR) is 79.5 cm³/mol. The Morgan fingerprint density at radius 3 is 2.50 bits per heavy atom. The number of amides is 1. The first-order valence-corrected chi connectivity index (χ1v) is 6.81. The third kappa shape index (κ3) is 3.58. The molecule has 20 heavy (non-hydrogen) atoms. The molecule has 0 aliphatic rings. The van der Waals surface area contributed by atoms with Gasteiger partial charge in [-0.05, 0) is 36.8 Å². The molecule has 0 unspecified atom stereocenters. The van der Waals surface area contributed by atoms with E-state index in [-0.39, 0.29) is 17.6 Å². The van der Waals surface area contributed by atoms with E-state index in [1.165, 1.54) is 12.1 Å². The molecule has 104 valence electrons. The maximum atomic E-state index is 13.0. The van der Waals surface area contributed by atoms with E-state index in [0.717, 1.165) is 11.1 Å². The van der Waals surface area contributed by atoms with Crippen molar-refractivity contribution in [1.29, 1.82) is 0 Å². The van der Waals surface area contributed by atoms with Gasteiger partial charge in [-0.3, -0.25) is 4.79 Å². The summed E-state index contributed by atoms with van der Waals surface area (Å²) in [5, 5.41) is 0. The Labute approximate surface area is 122 Å². The van der Waals surface area contributed by atoms with Crippen molar-refractivity contribution in [2.45, 2.75) is 13.5 Å². The van der Waals surface area contributed by atoms with Crippen LogP contribution in [-0.4, -0.2) is 11.8 Å². The molecular formula is C16H15ClFNO. The molecule has 0 saturated heterocycles. The van der Waals surface area contributed by atoms with E-state index >= 15 is 0 Å². The molecule has 0 heterocycles. The second kappa shape index (κ2) is 6.53. The molecule has 2 nitrogen and oxygen atoms in total. The average molecular weight is 292 g/mol. The van der Waals surface area contributed by atoms with E-state index in [4.69, 9.17) is 11.6 Å². The van der Waals surface area contributed by atoms with E-state index in [9.17, 15) is 9.18 Å². The average Bonchev–Trinajstić information content (AvgIpc) is 2.45. The van der Waals surface area contributed by atoms with Gasteiger partial charge in [-0.25, -0.2) is 4.39 Å². The van der Waals surface area contributed by atoms with Crippen LogP contribution in [0.3, 0.4) is 0 Å². The largest absolute Gasteiger partial charge is 0.307 e. The van der Waals surface area contributed by atoms with Crippen molar-refractivity contribution in [2.75, 3.05) is 10.8 Å². The molecule has 1 amide bonds. The third-order valence-electron chi connectivity index (χ3n) is 2.98. The first-order chi connectivity index (χ1) is 9.60. The Hall–Kier alpha value is -1.87. The highest BCUT2D eigenvalue weighted by Gasteiger charge is 2.15. The van der Waals surface area contributed by atoms with Crippen molar-refractivity contribution in [3.63, 3.8) is 0 Å². The molecule has 0 fully saturated rings. The first-order valence-electron chi connectivity index (χ1n) is 6.27. The van der Waals surface area contributed by atoms with E-state index < -0.39 is 0 Å². The number of anilines is 1. The van der Waals surface area contributed by atoms with Crippen LogP contribution in [0.25, 0.3) is 0 Å². The summed E-state index contributed by atoms with van der Waals surface area (Å²) in [4.78, 5) is 13.5. The fourth-order valence-electron chi connectivity index (χ4n) is 2.01. The molecule has 0 radical (unpaired) electrons. The number of alkyl halides is 1. The van der Waals surface area contributed by atoms with Crippen LogP contribution < -0.4 is 4.90 Å². The van der Waals surface area contributed by atoms with E-state index in [1.807, 2.05) is 31.2 Å². The molecule has 0 aliphatic carbocycles. The van der Waals surface area contributed by atoms with E-state index in [2.05, 4.69) is 0 Å². The van der Waals surface area contributed by atoms with Gasteiger partial charge in [-0.15, -0.1) is 11.6 Å². The first kappa shape index (κ1) is 14.5. The molecule has 0 saturated carbocycles. The Morgan fingerprint density at radius 1 is 1.20 bits per heavy atom. The fourth-order valence-corrected chi connectivity index (χ4v) is 2.15. The van der Waals surface area contributed by atoms with Crippen LogP contribution in [0.15, 0.2) is 48.5 Å². The minimum Gasteiger partial charge on any atom is -0.307 e. The lowest BCUT2D eigenvalue weighted by Gasteiger charge is -2.22. The zero-order chi connectivity index (χ0) is 14.5. The quantitative estimate of drug-likeness (QED) is 0.782. The molecule has 0 spiro atoms. The van der Waals surface area contributed by atoms with Gasteiger partial charge >= 0.3 is 0 Å². The maximum Gasteiger partial charge on any atom is 0.242 e. The van der Waals surface area contributed by atoms with Crippen molar-refractivity contribution in [3.8, 4) is 0 Å². The molecule has 0 aromatic heterocycles. The normalized spacial score (nSPS) is 10.3. The number of halogens is 2. The summed E-state index contributed by atoms with van der Waals surface area (Å²) in [5.74, 6) is -0.647. The van der Waals surface area contributed by atoms with Gasteiger partial charge in [0.2, 0.25) is 5.91 Å². The molecule has 4 heteroatoms.